The van der Waals surface area contributed by atoms with E-state index in [2.05, 4.69) is 21.2 Å². The van der Waals surface area contributed by atoms with Crippen molar-refractivity contribution in [1.29, 1.82) is 0 Å². The Morgan fingerprint density at radius 2 is 2.06 bits per heavy atom. The molecule has 1 amide bonds. The van der Waals surface area contributed by atoms with Gasteiger partial charge in [0.15, 0.2) is 0 Å². The largest absolute Gasteiger partial charge is 0.383 e. The van der Waals surface area contributed by atoms with Crippen LogP contribution in [0.25, 0.3) is 0 Å². The maximum absolute atomic E-state index is 11.4. The van der Waals surface area contributed by atoms with Crippen LogP contribution in [0.2, 0.25) is 0 Å². The van der Waals surface area contributed by atoms with Crippen molar-refractivity contribution in [3.8, 4) is 0 Å². The smallest absolute Gasteiger partial charge is 0.230 e. The number of carbonyl (C=O) groups excluding carboxylic acids is 1. The van der Waals surface area contributed by atoms with E-state index in [0.29, 0.717) is 12.2 Å². The van der Waals surface area contributed by atoms with E-state index in [1.807, 2.05) is 37.4 Å². The molecular formula is C13H18BrNO2S. The van der Waals surface area contributed by atoms with Crippen molar-refractivity contribution in [1.82, 2.24) is 5.32 Å². The Hall–Kier alpha value is -0.520. The number of amides is 1. The Labute approximate surface area is 120 Å². The molecule has 2 N–H and O–H groups in total. The molecular weight excluding hydrogens is 314 g/mol. The van der Waals surface area contributed by atoms with Crippen LogP contribution in [0.3, 0.4) is 0 Å². The molecule has 1 aromatic rings. The maximum Gasteiger partial charge on any atom is 0.230 e. The molecule has 3 nitrogen and oxygen atoms in total. The third-order valence-corrected chi connectivity index (χ3v) is 3.90. The van der Waals surface area contributed by atoms with Crippen LogP contribution in [0.1, 0.15) is 18.9 Å². The van der Waals surface area contributed by atoms with Gasteiger partial charge in [-0.3, -0.25) is 4.79 Å². The first-order chi connectivity index (χ1) is 8.51. The molecule has 0 aliphatic rings. The normalized spacial score (nSPS) is 14.0. The van der Waals surface area contributed by atoms with E-state index >= 15 is 0 Å². The molecule has 0 unspecified atom stereocenters. The highest BCUT2D eigenvalue weighted by Gasteiger charge is 2.27. The number of aliphatic hydroxyl groups is 1. The third-order valence-electron chi connectivity index (χ3n) is 2.82. The quantitative estimate of drug-likeness (QED) is 0.842. The van der Waals surface area contributed by atoms with Crippen molar-refractivity contribution in [2.45, 2.75) is 18.9 Å². The van der Waals surface area contributed by atoms with Crippen LogP contribution in [0.4, 0.5) is 0 Å². The molecule has 5 heteroatoms. The molecule has 0 saturated heterocycles. The van der Waals surface area contributed by atoms with Crippen molar-refractivity contribution in [3.05, 3.63) is 34.3 Å². The van der Waals surface area contributed by atoms with Gasteiger partial charge in [-0.15, -0.1) is 0 Å². The van der Waals surface area contributed by atoms with Gasteiger partial charge in [0.2, 0.25) is 5.91 Å². The van der Waals surface area contributed by atoms with Crippen LogP contribution in [-0.2, 0) is 10.4 Å². The number of benzene rings is 1. The summed E-state index contributed by atoms with van der Waals surface area (Å²) in [6.07, 6.45) is 2.43. The molecule has 0 aromatic heterocycles. The molecule has 0 aliphatic carbocycles. The van der Waals surface area contributed by atoms with Crippen molar-refractivity contribution in [3.63, 3.8) is 0 Å². The molecule has 0 fully saturated rings. The predicted octanol–water partition coefficient (Wildman–Crippen LogP) is 2.53. The molecule has 0 spiro atoms. The van der Waals surface area contributed by atoms with Crippen LogP contribution in [0.5, 0.6) is 0 Å². The lowest BCUT2D eigenvalue weighted by Crippen LogP contribution is -2.41. The van der Waals surface area contributed by atoms with E-state index < -0.39 is 5.60 Å². The summed E-state index contributed by atoms with van der Waals surface area (Å²) in [6, 6.07) is 7.52. The van der Waals surface area contributed by atoms with Gasteiger partial charge in [-0.05, 0) is 30.4 Å². The first-order valence-electron chi connectivity index (χ1n) is 5.76. The van der Waals surface area contributed by atoms with Crippen LogP contribution < -0.4 is 5.32 Å². The van der Waals surface area contributed by atoms with Crippen molar-refractivity contribution >= 4 is 33.6 Å². The Bertz CT molecular complexity index is 396. The van der Waals surface area contributed by atoms with Gasteiger partial charge in [0.05, 0.1) is 12.3 Å². The highest BCUT2D eigenvalue weighted by Crippen LogP contribution is 2.25. The summed E-state index contributed by atoms with van der Waals surface area (Å²) in [4.78, 5) is 11.4. The average molecular weight is 332 g/mol. The SMILES string of the molecule is CC[C@@](O)(CNC(=O)CSC)c1ccc(Br)cc1. The monoisotopic (exact) mass is 331 g/mol. The lowest BCUT2D eigenvalue weighted by molar-refractivity contribution is -0.119. The van der Waals surface area contributed by atoms with Gasteiger partial charge in [-0.25, -0.2) is 0 Å². The minimum Gasteiger partial charge on any atom is -0.383 e. The summed E-state index contributed by atoms with van der Waals surface area (Å²) in [5, 5.41) is 13.3. The number of carbonyl (C=O) groups is 1. The minimum atomic E-state index is -1.01. The number of thioether (sulfide) groups is 1. The van der Waals surface area contributed by atoms with Gasteiger partial charge in [0.1, 0.15) is 5.60 Å². The van der Waals surface area contributed by atoms with Crippen LogP contribution in [-0.4, -0.2) is 29.6 Å². The van der Waals surface area contributed by atoms with Crippen LogP contribution in [0, 0.1) is 0 Å². The highest BCUT2D eigenvalue weighted by atomic mass is 79.9. The zero-order chi connectivity index (χ0) is 13.6. The number of rotatable bonds is 6. The Morgan fingerprint density at radius 1 is 1.44 bits per heavy atom. The van der Waals surface area contributed by atoms with E-state index in [-0.39, 0.29) is 12.5 Å². The number of halogens is 1. The van der Waals surface area contributed by atoms with Crippen LogP contribution >= 0.6 is 27.7 Å². The maximum atomic E-state index is 11.4. The highest BCUT2D eigenvalue weighted by molar-refractivity contribution is 9.10. The second-order valence-electron chi connectivity index (χ2n) is 4.10. The zero-order valence-electron chi connectivity index (χ0n) is 10.6. The summed E-state index contributed by atoms with van der Waals surface area (Å²) in [7, 11) is 0. The minimum absolute atomic E-state index is 0.0495. The molecule has 0 radical (unpaired) electrons. The zero-order valence-corrected chi connectivity index (χ0v) is 13.0. The van der Waals surface area contributed by atoms with E-state index in [1.165, 1.54) is 11.8 Å². The fourth-order valence-corrected chi connectivity index (χ4v) is 2.25. The molecule has 1 rings (SSSR count). The first-order valence-corrected chi connectivity index (χ1v) is 7.94. The summed E-state index contributed by atoms with van der Waals surface area (Å²) >= 11 is 4.83. The number of hydrogen-bond donors (Lipinski definition) is 2. The average Bonchev–Trinajstić information content (AvgIpc) is 2.37. The molecule has 0 heterocycles. The molecule has 0 aliphatic heterocycles. The van der Waals surface area contributed by atoms with Gasteiger partial charge in [-0.1, -0.05) is 35.0 Å². The van der Waals surface area contributed by atoms with Crippen molar-refractivity contribution < 1.29 is 9.90 Å². The molecule has 100 valence electrons. The van der Waals surface area contributed by atoms with Crippen molar-refractivity contribution in [2.24, 2.45) is 0 Å². The molecule has 1 aromatic carbocycles. The summed E-state index contributed by atoms with van der Waals surface area (Å²) in [6.45, 7) is 2.15. The third kappa shape index (κ3) is 4.30. The van der Waals surface area contributed by atoms with E-state index in [0.717, 1.165) is 10.0 Å². The van der Waals surface area contributed by atoms with Gasteiger partial charge in [0, 0.05) is 4.47 Å². The fourth-order valence-electron chi connectivity index (χ4n) is 1.62. The van der Waals surface area contributed by atoms with Gasteiger partial charge < -0.3 is 10.4 Å². The second kappa shape index (κ2) is 7.16. The lowest BCUT2D eigenvalue weighted by atomic mass is 9.91. The first kappa shape index (κ1) is 15.5. The molecule has 0 bridgehead atoms. The number of nitrogens with one attached hydrogen (secondary N) is 1. The fraction of sp³-hybridized carbons (Fsp3) is 0.462. The van der Waals surface area contributed by atoms with E-state index in [4.69, 9.17) is 0 Å². The Kier molecular flexibility index (Phi) is 6.18. The van der Waals surface area contributed by atoms with E-state index in [1.54, 1.807) is 0 Å². The topological polar surface area (TPSA) is 49.3 Å². The summed E-state index contributed by atoms with van der Waals surface area (Å²) < 4.78 is 0.969. The molecule has 18 heavy (non-hydrogen) atoms. The summed E-state index contributed by atoms with van der Waals surface area (Å²) in [5.74, 6) is 0.367. The second-order valence-corrected chi connectivity index (χ2v) is 5.88. The Balaban J connectivity index is 2.73. The lowest BCUT2D eigenvalue weighted by Gasteiger charge is -2.27. The molecule has 0 saturated carbocycles. The van der Waals surface area contributed by atoms with Gasteiger partial charge in [-0.2, -0.15) is 11.8 Å². The summed E-state index contributed by atoms with van der Waals surface area (Å²) in [5.41, 5.74) is -0.188. The predicted molar refractivity (Wildman–Crippen MR) is 79.7 cm³/mol. The van der Waals surface area contributed by atoms with Gasteiger partial charge >= 0.3 is 0 Å². The standard InChI is InChI=1S/C13H18BrNO2S/c1-3-13(17,9-15-12(16)8-18-2)10-4-6-11(14)7-5-10/h4-7,17H,3,8-9H2,1-2H3,(H,15,16)/t13-/m1/s1. The Morgan fingerprint density at radius 3 is 2.56 bits per heavy atom. The van der Waals surface area contributed by atoms with Crippen LogP contribution in [0.15, 0.2) is 28.7 Å². The van der Waals surface area contributed by atoms with Crippen molar-refractivity contribution in [2.75, 3.05) is 18.6 Å². The number of hydrogen-bond acceptors (Lipinski definition) is 3. The van der Waals surface area contributed by atoms with Gasteiger partial charge in [0.25, 0.3) is 0 Å². The van der Waals surface area contributed by atoms with E-state index in [9.17, 15) is 9.90 Å². The molecule has 1 atom stereocenters.